The molecule has 0 spiro atoms. The van der Waals surface area contributed by atoms with E-state index >= 15 is 0 Å². The van der Waals surface area contributed by atoms with Crippen molar-refractivity contribution in [3.8, 4) is 0 Å². The lowest BCUT2D eigenvalue weighted by atomic mass is 10.1. The van der Waals surface area contributed by atoms with Crippen LogP contribution in [0.15, 0.2) is 41.0 Å². The minimum absolute atomic E-state index is 0.0184. The Hall–Kier alpha value is -2.05. The highest BCUT2D eigenvalue weighted by Crippen LogP contribution is 2.19. The number of rotatable bonds is 5. The van der Waals surface area contributed by atoms with Gasteiger partial charge in [-0.15, -0.1) is 0 Å². The standard InChI is InChI=1S/C14H14ClFN2O3/c15-11-4-3-9(6-12(11)16)13(19)8-18-14(20)17-7-10-2-1-5-21-10/h1-6,13,19H,7-8H2,(H2,17,18,20). The minimum Gasteiger partial charge on any atom is -0.467 e. The zero-order valence-corrected chi connectivity index (χ0v) is 11.7. The summed E-state index contributed by atoms with van der Waals surface area (Å²) < 4.78 is 18.3. The number of aliphatic hydroxyl groups is 1. The molecule has 1 heterocycles. The van der Waals surface area contributed by atoms with Crippen LogP contribution in [0.2, 0.25) is 5.02 Å². The summed E-state index contributed by atoms with van der Waals surface area (Å²) in [5.74, 6) is 0.000887. The van der Waals surface area contributed by atoms with Crippen LogP contribution in [0.4, 0.5) is 9.18 Å². The molecule has 1 aromatic carbocycles. The largest absolute Gasteiger partial charge is 0.467 e. The van der Waals surface area contributed by atoms with E-state index in [-0.39, 0.29) is 18.1 Å². The zero-order valence-electron chi connectivity index (χ0n) is 11.0. The zero-order chi connectivity index (χ0) is 15.2. The van der Waals surface area contributed by atoms with Crippen molar-refractivity contribution in [3.63, 3.8) is 0 Å². The number of aliphatic hydroxyl groups excluding tert-OH is 1. The van der Waals surface area contributed by atoms with Crippen LogP contribution in [0.25, 0.3) is 0 Å². The lowest BCUT2D eigenvalue weighted by molar-refractivity contribution is 0.172. The van der Waals surface area contributed by atoms with Crippen LogP contribution in [0.3, 0.4) is 0 Å². The summed E-state index contributed by atoms with van der Waals surface area (Å²) in [6.07, 6.45) is 0.486. The van der Waals surface area contributed by atoms with E-state index in [1.807, 2.05) is 0 Å². The third-order valence-corrected chi connectivity index (χ3v) is 3.09. The molecule has 1 unspecified atom stereocenters. The molecule has 2 aromatic rings. The van der Waals surface area contributed by atoms with Gasteiger partial charge in [0.2, 0.25) is 0 Å². The van der Waals surface area contributed by atoms with Crippen LogP contribution in [0, 0.1) is 5.82 Å². The molecule has 0 saturated heterocycles. The van der Waals surface area contributed by atoms with Crippen molar-refractivity contribution >= 4 is 17.6 Å². The van der Waals surface area contributed by atoms with Crippen molar-refractivity contribution in [2.75, 3.05) is 6.54 Å². The number of benzene rings is 1. The molecule has 1 aromatic heterocycles. The van der Waals surface area contributed by atoms with Crippen LogP contribution in [0.5, 0.6) is 0 Å². The number of hydrogen-bond donors (Lipinski definition) is 3. The second-order valence-electron chi connectivity index (χ2n) is 4.33. The maximum Gasteiger partial charge on any atom is 0.315 e. The molecule has 0 aliphatic rings. The van der Waals surface area contributed by atoms with E-state index in [0.29, 0.717) is 11.3 Å². The molecule has 0 aliphatic heterocycles. The normalized spacial score (nSPS) is 12.0. The Morgan fingerprint density at radius 2 is 2.19 bits per heavy atom. The van der Waals surface area contributed by atoms with E-state index in [1.54, 1.807) is 12.1 Å². The Balaban J connectivity index is 1.78. The van der Waals surface area contributed by atoms with E-state index in [1.165, 1.54) is 18.4 Å². The molecule has 0 aliphatic carbocycles. The van der Waals surface area contributed by atoms with Crippen molar-refractivity contribution in [2.24, 2.45) is 0 Å². The summed E-state index contributed by atoms with van der Waals surface area (Å²) in [5, 5.41) is 14.9. The molecular weight excluding hydrogens is 299 g/mol. The third kappa shape index (κ3) is 4.47. The number of carbonyl (C=O) groups is 1. The minimum atomic E-state index is -1.02. The highest BCUT2D eigenvalue weighted by atomic mass is 35.5. The predicted octanol–water partition coefficient (Wildman–Crippen LogP) is 2.60. The summed E-state index contributed by atoms with van der Waals surface area (Å²) in [7, 11) is 0. The topological polar surface area (TPSA) is 74.5 Å². The Morgan fingerprint density at radius 3 is 2.86 bits per heavy atom. The van der Waals surface area contributed by atoms with Gasteiger partial charge in [0.05, 0.1) is 23.9 Å². The van der Waals surface area contributed by atoms with Crippen molar-refractivity contribution in [2.45, 2.75) is 12.6 Å². The molecule has 2 rings (SSSR count). The predicted molar refractivity (Wildman–Crippen MR) is 75.3 cm³/mol. The summed E-state index contributed by atoms with van der Waals surface area (Å²) in [4.78, 5) is 11.5. The van der Waals surface area contributed by atoms with Gasteiger partial charge < -0.3 is 20.2 Å². The Labute approximate surface area is 125 Å². The van der Waals surface area contributed by atoms with Gasteiger partial charge in [-0.3, -0.25) is 0 Å². The molecule has 5 nitrogen and oxygen atoms in total. The molecule has 0 radical (unpaired) electrons. The molecule has 0 saturated carbocycles. The molecule has 21 heavy (non-hydrogen) atoms. The fourth-order valence-corrected chi connectivity index (χ4v) is 1.79. The van der Waals surface area contributed by atoms with Gasteiger partial charge in [0, 0.05) is 6.54 Å². The van der Waals surface area contributed by atoms with Gasteiger partial charge in [-0.25, -0.2) is 9.18 Å². The monoisotopic (exact) mass is 312 g/mol. The van der Waals surface area contributed by atoms with E-state index < -0.39 is 18.0 Å². The maximum atomic E-state index is 13.3. The molecule has 2 amide bonds. The third-order valence-electron chi connectivity index (χ3n) is 2.79. The number of amides is 2. The molecule has 7 heteroatoms. The second kappa shape index (κ2) is 7.10. The number of hydrogen-bond acceptors (Lipinski definition) is 3. The first-order valence-electron chi connectivity index (χ1n) is 6.23. The first-order valence-corrected chi connectivity index (χ1v) is 6.61. The van der Waals surface area contributed by atoms with Gasteiger partial charge in [0.1, 0.15) is 11.6 Å². The van der Waals surface area contributed by atoms with E-state index in [0.717, 1.165) is 6.07 Å². The number of furan rings is 1. The highest BCUT2D eigenvalue weighted by Gasteiger charge is 2.11. The summed E-state index contributed by atoms with van der Waals surface area (Å²) in [6, 6.07) is 6.97. The van der Waals surface area contributed by atoms with Gasteiger partial charge in [0.15, 0.2) is 0 Å². The average Bonchev–Trinajstić information content (AvgIpc) is 2.98. The Morgan fingerprint density at radius 1 is 1.38 bits per heavy atom. The van der Waals surface area contributed by atoms with Crippen molar-refractivity contribution < 1.29 is 18.7 Å². The molecule has 112 valence electrons. The quantitative estimate of drug-likeness (QED) is 0.794. The van der Waals surface area contributed by atoms with Gasteiger partial charge in [-0.2, -0.15) is 0 Å². The first-order chi connectivity index (χ1) is 10.1. The van der Waals surface area contributed by atoms with Crippen LogP contribution >= 0.6 is 11.6 Å². The first kappa shape index (κ1) is 15.3. The molecule has 3 N–H and O–H groups in total. The van der Waals surface area contributed by atoms with Crippen molar-refractivity contribution in [1.82, 2.24) is 10.6 Å². The maximum absolute atomic E-state index is 13.3. The molecule has 0 fully saturated rings. The van der Waals surface area contributed by atoms with E-state index in [4.69, 9.17) is 16.0 Å². The number of urea groups is 1. The Bertz CT molecular complexity index is 604. The van der Waals surface area contributed by atoms with Gasteiger partial charge in [-0.05, 0) is 29.8 Å². The van der Waals surface area contributed by atoms with Crippen LogP contribution in [0.1, 0.15) is 17.4 Å². The molecule has 0 bridgehead atoms. The van der Waals surface area contributed by atoms with E-state index in [9.17, 15) is 14.3 Å². The van der Waals surface area contributed by atoms with Crippen LogP contribution < -0.4 is 10.6 Å². The Kier molecular flexibility index (Phi) is 5.19. The van der Waals surface area contributed by atoms with Crippen molar-refractivity contribution in [3.05, 3.63) is 58.8 Å². The molecular formula is C14H14ClFN2O3. The lowest BCUT2D eigenvalue weighted by Crippen LogP contribution is -2.37. The van der Waals surface area contributed by atoms with Gasteiger partial charge >= 0.3 is 6.03 Å². The van der Waals surface area contributed by atoms with E-state index in [2.05, 4.69) is 10.6 Å². The fraction of sp³-hybridized carbons (Fsp3) is 0.214. The lowest BCUT2D eigenvalue weighted by Gasteiger charge is -2.13. The fourth-order valence-electron chi connectivity index (χ4n) is 1.67. The van der Waals surface area contributed by atoms with Crippen molar-refractivity contribution in [1.29, 1.82) is 0 Å². The van der Waals surface area contributed by atoms with Gasteiger partial charge in [-0.1, -0.05) is 17.7 Å². The highest BCUT2D eigenvalue weighted by molar-refractivity contribution is 6.30. The SMILES string of the molecule is O=C(NCc1ccco1)NCC(O)c1ccc(Cl)c(F)c1. The smallest absolute Gasteiger partial charge is 0.315 e. The summed E-state index contributed by atoms with van der Waals surface area (Å²) in [5.41, 5.74) is 0.336. The average molecular weight is 313 g/mol. The number of nitrogens with one attached hydrogen (secondary N) is 2. The summed E-state index contributed by atoms with van der Waals surface area (Å²) >= 11 is 5.56. The summed E-state index contributed by atoms with van der Waals surface area (Å²) in [6.45, 7) is 0.190. The number of halogens is 2. The van der Waals surface area contributed by atoms with Crippen LogP contribution in [-0.2, 0) is 6.54 Å². The number of carbonyl (C=O) groups excluding carboxylic acids is 1. The molecule has 1 atom stereocenters. The second-order valence-corrected chi connectivity index (χ2v) is 4.74. The van der Waals surface area contributed by atoms with Gasteiger partial charge in [0.25, 0.3) is 0 Å². The van der Waals surface area contributed by atoms with Crippen LogP contribution in [-0.4, -0.2) is 17.7 Å².